The van der Waals surface area contributed by atoms with E-state index in [0.717, 1.165) is 10.0 Å². The molecule has 0 radical (unpaired) electrons. The molecule has 1 nitrogen and oxygen atoms in total. The Hall–Kier alpha value is -1.23. The molecule has 1 aromatic heterocycles. The second-order valence-corrected chi connectivity index (χ2v) is 6.31. The molecule has 1 atom stereocenters. The number of rotatable bonds is 3. The maximum Gasteiger partial charge on any atom is 0.123 e. The van der Waals surface area contributed by atoms with Crippen molar-refractivity contribution in [3.8, 4) is 0 Å². The number of hydrogen-bond donors (Lipinski definition) is 1. The van der Waals surface area contributed by atoms with Crippen molar-refractivity contribution in [2.75, 3.05) is 7.05 Å². The van der Waals surface area contributed by atoms with Crippen LogP contribution in [0.15, 0.2) is 52.3 Å². The van der Waals surface area contributed by atoms with Crippen molar-refractivity contribution < 1.29 is 4.39 Å². The normalized spacial score (nSPS) is 12.8. The standard InChI is InChI=1S/C16H13BrFNS/c1-19-15(10-5-7-11(18)8-6-10)13-9-20-16-12(13)3-2-4-14(16)17/h2-9,15,19H,1H3. The van der Waals surface area contributed by atoms with Gasteiger partial charge in [0, 0.05) is 9.17 Å². The molecule has 0 aliphatic carbocycles. The Balaban J connectivity index is 2.12. The van der Waals surface area contributed by atoms with Crippen molar-refractivity contribution in [2.24, 2.45) is 0 Å². The van der Waals surface area contributed by atoms with Crippen LogP contribution < -0.4 is 5.32 Å². The molecule has 3 aromatic rings. The first kappa shape index (κ1) is 13.7. The van der Waals surface area contributed by atoms with E-state index in [-0.39, 0.29) is 11.9 Å². The van der Waals surface area contributed by atoms with Crippen LogP contribution in [0.4, 0.5) is 4.39 Å². The lowest BCUT2D eigenvalue weighted by Crippen LogP contribution is -2.17. The van der Waals surface area contributed by atoms with Crippen LogP contribution in [-0.4, -0.2) is 7.05 Å². The highest BCUT2D eigenvalue weighted by atomic mass is 79.9. The Bertz CT molecular complexity index is 736. The van der Waals surface area contributed by atoms with Gasteiger partial charge in [0.25, 0.3) is 0 Å². The van der Waals surface area contributed by atoms with Crippen LogP contribution in [0.25, 0.3) is 10.1 Å². The molecule has 0 amide bonds. The SMILES string of the molecule is CNC(c1ccc(F)cc1)c1csc2c(Br)cccc12. The molecular formula is C16H13BrFNS. The van der Waals surface area contributed by atoms with Crippen LogP contribution in [0.2, 0.25) is 0 Å². The topological polar surface area (TPSA) is 12.0 Å². The molecule has 0 saturated heterocycles. The molecule has 1 heterocycles. The van der Waals surface area contributed by atoms with Gasteiger partial charge < -0.3 is 5.32 Å². The average Bonchev–Trinajstić information content (AvgIpc) is 2.87. The maximum atomic E-state index is 13.1. The lowest BCUT2D eigenvalue weighted by Gasteiger charge is -2.16. The van der Waals surface area contributed by atoms with Gasteiger partial charge in [0.05, 0.1) is 6.04 Å². The minimum absolute atomic E-state index is 0.0682. The van der Waals surface area contributed by atoms with Crippen LogP contribution >= 0.6 is 27.3 Å². The fourth-order valence-electron chi connectivity index (χ4n) is 2.42. The summed E-state index contributed by atoms with van der Waals surface area (Å²) in [6.45, 7) is 0. The van der Waals surface area contributed by atoms with E-state index in [0.29, 0.717) is 0 Å². The highest BCUT2D eigenvalue weighted by molar-refractivity contribution is 9.10. The average molecular weight is 350 g/mol. The lowest BCUT2D eigenvalue weighted by atomic mass is 9.98. The number of halogens is 2. The van der Waals surface area contributed by atoms with Gasteiger partial charge in [0.2, 0.25) is 0 Å². The third-order valence-corrected chi connectivity index (χ3v) is 5.36. The number of fused-ring (bicyclic) bond motifs is 1. The molecule has 0 fully saturated rings. The summed E-state index contributed by atoms with van der Waals surface area (Å²) in [5, 5.41) is 6.72. The third-order valence-electron chi connectivity index (χ3n) is 3.38. The first-order valence-corrected chi connectivity index (χ1v) is 7.96. The van der Waals surface area contributed by atoms with Crippen LogP contribution in [0.1, 0.15) is 17.2 Å². The number of nitrogens with one attached hydrogen (secondary N) is 1. The summed E-state index contributed by atoms with van der Waals surface area (Å²) in [5.41, 5.74) is 2.29. The summed E-state index contributed by atoms with van der Waals surface area (Å²) >= 11 is 5.31. The number of thiophene rings is 1. The molecule has 1 N–H and O–H groups in total. The molecule has 1 unspecified atom stereocenters. The van der Waals surface area contributed by atoms with E-state index < -0.39 is 0 Å². The summed E-state index contributed by atoms with van der Waals surface area (Å²) in [4.78, 5) is 0. The van der Waals surface area contributed by atoms with Crippen molar-refractivity contribution in [1.29, 1.82) is 0 Å². The predicted molar refractivity (Wildman–Crippen MR) is 86.8 cm³/mol. The summed E-state index contributed by atoms with van der Waals surface area (Å²) in [7, 11) is 1.93. The van der Waals surface area contributed by atoms with E-state index in [2.05, 4.69) is 38.8 Å². The summed E-state index contributed by atoms with van der Waals surface area (Å²) < 4.78 is 15.4. The Morgan fingerprint density at radius 3 is 2.60 bits per heavy atom. The second-order valence-electron chi connectivity index (χ2n) is 4.58. The minimum Gasteiger partial charge on any atom is -0.309 e. The molecule has 0 aliphatic heterocycles. The van der Waals surface area contributed by atoms with Crippen molar-refractivity contribution in [3.63, 3.8) is 0 Å². The Morgan fingerprint density at radius 1 is 1.15 bits per heavy atom. The van der Waals surface area contributed by atoms with Gasteiger partial charge in [-0.3, -0.25) is 0 Å². The zero-order chi connectivity index (χ0) is 14.1. The Labute approximate surface area is 129 Å². The summed E-state index contributed by atoms with van der Waals surface area (Å²) in [6, 6.07) is 13.0. The molecule has 2 aromatic carbocycles. The highest BCUT2D eigenvalue weighted by Gasteiger charge is 2.17. The van der Waals surface area contributed by atoms with Crippen molar-refractivity contribution in [1.82, 2.24) is 5.32 Å². The van der Waals surface area contributed by atoms with Gasteiger partial charge in [0.15, 0.2) is 0 Å². The first-order valence-electron chi connectivity index (χ1n) is 6.29. The molecule has 4 heteroatoms. The molecule has 20 heavy (non-hydrogen) atoms. The van der Waals surface area contributed by atoms with Crippen LogP contribution in [-0.2, 0) is 0 Å². The smallest absolute Gasteiger partial charge is 0.123 e. The fraction of sp³-hybridized carbons (Fsp3) is 0.125. The lowest BCUT2D eigenvalue weighted by molar-refractivity contribution is 0.624. The van der Waals surface area contributed by atoms with E-state index in [1.54, 1.807) is 11.3 Å². The predicted octanol–water partition coefficient (Wildman–Crippen LogP) is 5.11. The number of hydrogen-bond acceptors (Lipinski definition) is 2. The van der Waals surface area contributed by atoms with Gasteiger partial charge in [-0.1, -0.05) is 24.3 Å². The Kier molecular flexibility index (Phi) is 3.87. The van der Waals surface area contributed by atoms with Crippen molar-refractivity contribution in [3.05, 3.63) is 69.3 Å². The maximum absolute atomic E-state index is 13.1. The highest BCUT2D eigenvalue weighted by Crippen LogP contribution is 2.37. The molecule has 0 saturated carbocycles. The van der Waals surface area contributed by atoms with Crippen LogP contribution in [0.3, 0.4) is 0 Å². The zero-order valence-corrected chi connectivity index (χ0v) is 13.3. The van der Waals surface area contributed by atoms with Gasteiger partial charge in [-0.15, -0.1) is 11.3 Å². The van der Waals surface area contributed by atoms with E-state index >= 15 is 0 Å². The van der Waals surface area contributed by atoms with E-state index in [1.165, 1.54) is 27.8 Å². The molecule has 0 bridgehead atoms. The van der Waals surface area contributed by atoms with Crippen molar-refractivity contribution in [2.45, 2.75) is 6.04 Å². The van der Waals surface area contributed by atoms with Gasteiger partial charge in [-0.25, -0.2) is 4.39 Å². The molecule has 3 rings (SSSR count). The van der Waals surface area contributed by atoms with Gasteiger partial charge >= 0.3 is 0 Å². The third kappa shape index (κ3) is 2.39. The fourth-order valence-corrected chi connectivity index (χ4v) is 4.07. The summed E-state index contributed by atoms with van der Waals surface area (Å²) in [6.07, 6.45) is 0. The van der Waals surface area contributed by atoms with Crippen molar-refractivity contribution >= 4 is 37.4 Å². The molecular weight excluding hydrogens is 337 g/mol. The van der Waals surface area contributed by atoms with Gasteiger partial charge in [-0.2, -0.15) is 0 Å². The van der Waals surface area contributed by atoms with E-state index in [1.807, 2.05) is 25.2 Å². The number of benzene rings is 2. The van der Waals surface area contributed by atoms with Gasteiger partial charge in [0.1, 0.15) is 5.82 Å². The van der Waals surface area contributed by atoms with Crippen LogP contribution in [0, 0.1) is 5.82 Å². The minimum atomic E-state index is -0.207. The molecule has 0 spiro atoms. The second kappa shape index (κ2) is 5.64. The van der Waals surface area contributed by atoms with E-state index in [4.69, 9.17) is 0 Å². The molecule has 0 aliphatic rings. The quantitative estimate of drug-likeness (QED) is 0.692. The largest absolute Gasteiger partial charge is 0.309 e. The van der Waals surface area contributed by atoms with Gasteiger partial charge in [-0.05, 0) is 63.1 Å². The first-order chi connectivity index (χ1) is 9.70. The monoisotopic (exact) mass is 349 g/mol. The summed E-state index contributed by atoms with van der Waals surface area (Å²) in [5.74, 6) is -0.207. The Morgan fingerprint density at radius 2 is 1.90 bits per heavy atom. The zero-order valence-electron chi connectivity index (χ0n) is 10.9. The molecule has 102 valence electrons. The van der Waals surface area contributed by atoms with E-state index in [9.17, 15) is 4.39 Å². The van der Waals surface area contributed by atoms with Crippen LogP contribution in [0.5, 0.6) is 0 Å².